The molecule has 6 nitrogen and oxygen atoms in total. The van der Waals surface area contributed by atoms with E-state index in [-0.39, 0.29) is 17.6 Å². The summed E-state index contributed by atoms with van der Waals surface area (Å²) in [5, 5.41) is 7.69. The zero-order valence-corrected chi connectivity index (χ0v) is 17.4. The maximum Gasteiger partial charge on any atom is 0.271 e. The third kappa shape index (κ3) is 4.73. The molecule has 0 saturated heterocycles. The van der Waals surface area contributed by atoms with Crippen LogP contribution >= 0.6 is 0 Å². The van der Waals surface area contributed by atoms with Crippen LogP contribution in [0.5, 0.6) is 0 Å². The van der Waals surface area contributed by atoms with E-state index in [1.165, 1.54) is 13.0 Å². The molecule has 0 aliphatic carbocycles. The number of carbonyl (C=O) groups excluding carboxylic acids is 2. The summed E-state index contributed by atoms with van der Waals surface area (Å²) in [4.78, 5) is 23.4. The van der Waals surface area contributed by atoms with Crippen molar-refractivity contribution >= 4 is 34.6 Å². The van der Waals surface area contributed by atoms with Crippen molar-refractivity contribution in [3.05, 3.63) is 102 Å². The number of hydrogen-bond acceptors (Lipinski definition) is 3. The number of carbonyl (C=O) groups is 2. The zero-order valence-electron chi connectivity index (χ0n) is 17.4. The second-order valence-electron chi connectivity index (χ2n) is 7.28. The Morgan fingerprint density at radius 3 is 2.47 bits per heavy atom. The Labute approximate surface area is 184 Å². The molecule has 3 aromatic carbocycles. The molecule has 0 atom stereocenters. The summed E-state index contributed by atoms with van der Waals surface area (Å²) in [7, 11) is 0. The Bertz CT molecular complexity index is 1310. The number of hydrogen-bond donors (Lipinski definition) is 2. The predicted molar refractivity (Wildman–Crippen MR) is 123 cm³/mol. The Hall–Kier alpha value is -4.26. The number of para-hydroxylation sites is 1. The van der Waals surface area contributed by atoms with E-state index in [0.717, 1.165) is 16.5 Å². The van der Waals surface area contributed by atoms with E-state index in [1.807, 2.05) is 41.1 Å². The SMILES string of the molecule is CC(=O)Nc1ccc(C(=O)N/N=C\c2cn(Cc3ccccc3F)c3ccccc23)cc1. The molecule has 0 unspecified atom stereocenters. The highest BCUT2D eigenvalue weighted by Gasteiger charge is 2.10. The lowest BCUT2D eigenvalue weighted by atomic mass is 10.2. The van der Waals surface area contributed by atoms with Gasteiger partial charge in [0.2, 0.25) is 5.91 Å². The summed E-state index contributed by atoms with van der Waals surface area (Å²) < 4.78 is 16.1. The lowest BCUT2D eigenvalue weighted by Gasteiger charge is -2.06. The third-order valence-corrected chi connectivity index (χ3v) is 4.96. The van der Waals surface area contributed by atoms with E-state index in [2.05, 4.69) is 15.8 Å². The molecule has 160 valence electrons. The number of halogens is 1. The number of nitrogens with zero attached hydrogens (tertiary/aromatic N) is 2. The first kappa shape index (κ1) is 21.0. The van der Waals surface area contributed by atoms with Gasteiger partial charge in [-0.05, 0) is 36.4 Å². The van der Waals surface area contributed by atoms with Crippen LogP contribution in [0, 0.1) is 5.82 Å². The standard InChI is InChI=1S/C25H21FN4O2/c1-17(31)28-21-12-10-18(11-13-21)25(32)29-27-14-20-16-30(24-9-5-3-7-22(20)24)15-19-6-2-4-8-23(19)26/h2-14,16H,15H2,1H3,(H,28,31)(H,29,32)/b27-14-. The fourth-order valence-electron chi connectivity index (χ4n) is 3.45. The molecular formula is C25H21FN4O2. The second kappa shape index (κ2) is 9.26. The van der Waals surface area contributed by atoms with Gasteiger partial charge in [0.25, 0.3) is 5.91 Å². The molecule has 0 radical (unpaired) electrons. The number of aromatic nitrogens is 1. The largest absolute Gasteiger partial charge is 0.342 e. The molecule has 7 heteroatoms. The molecule has 2 amide bonds. The zero-order chi connectivity index (χ0) is 22.5. The molecule has 0 saturated carbocycles. The minimum Gasteiger partial charge on any atom is -0.342 e. The molecule has 32 heavy (non-hydrogen) atoms. The van der Waals surface area contributed by atoms with Crippen LogP contribution < -0.4 is 10.7 Å². The topological polar surface area (TPSA) is 75.5 Å². The summed E-state index contributed by atoms with van der Waals surface area (Å²) in [6, 6.07) is 21.0. The Kier molecular flexibility index (Phi) is 6.07. The van der Waals surface area contributed by atoms with Gasteiger partial charge in [-0.1, -0.05) is 36.4 Å². The first-order valence-electron chi connectivity index (χ1n) is 10.0. The molecular weight excluding hydrogens is 407 g/mol. The molecule has 4 rings (SSSR count). The van der Waals surface area contributed by atoms with E-state index in [9.17, 15) is 14.0 Å². The minimum absolute atomic E-state index is 0.180. The Balaban J connectivity index is 1.51. The van der Waals surface area contributed by atoms with Gasteiger partial charge < -0.3 is 9.88 Å². The van der Waals surface area contributed by atoms with Crippen LogP contribution in [0.15, 0.2) is 84.1 Å². The van der Waals surface area contributed by atoms with Crippen molar-refractivity contribution in [3.63, 3.8) is 0 Å². The summed E-state index contributed by atoms with van der Waals surface area (Å²) in [5.74, 6) is -0.802. The molecule has 0 aliphatic heterocycles. The van der Waals surface area contributed by atoms with E-state index in [1.54, 1.807) is 42.6 Å². The predicted octanol–water partition coefficient (Wildman–Crippen LogP) is 4.55. The van der Waals surface area contributed by atoms with E-state index in [4.69, 9.17) is 0 Å². The average Bonchev–Trinajstić information content (AvgIpc) is 3.13. The highest BCUT2D eigenvalue weighted by atomic mass is 19.1. The van der Waals surface area contributed by atoms with Gasteiger partial charge in [-0.2, -0.15) is 5.10 Å². The monoisotopic (exact) mass is 428 g/mol. The van der Waals surface area contributed by atoms with E-state index in [0.29, 0.717) is 23.4 Å². The number of nitrogens with one attached hydrogen (secondary N) is 2. The van der Waals surface area contributed by atoms with Gasteiger partial charge in [0, 0.05) is 46.4 Å². The first-order valence-corrected chi connectivity index (χ1v) is 10.0. The lowest BCUT2D eigenvalue weighted by molar-refractivity contribution is -0.114. The second-order valence-corrected chi connectivity index (χ2v) is 7.28. The normalized spacial score (nSPS) is 11.1. The van der Waals surface area contributed by atoms with Gasteiger partial charge in [-0.25, -0.2) is 9.82 Å². The number of benzene rings is 3. The first-order chi connectivity index (χ1) is 15.5. The smallest absolute Gasteiger partial charge is 0.271 e. The number of amides is 2. The van der Waals surface area contributed by atoms with Crippen LogP contribution in [0.3, 0.4) is 0 Å². The fraction of sp³-hybridized carbons (Fsp3) is 0.0800. The van der Waals surface area contributed by atoms with Gasteiger partial charge in [-0.3, -0.25) is 9.59 Å². The van der Waals surface area contributed by atoms with Gasteiger partial charge in [0.1, 0.15) is 5.82 Å². The summed E-state index contributed by atoms with van der Waals surface area (Å²) >= 11 is 0. The van der Waals surface area contributed by atoms with Gasteiger partial charge in [-0.15, -0.1) is 0 Å². The Morgan fingerprint density at radius 1 is 1.00 bits per heavy atom. The summed E-state index contributed by atoms with van der Waals surface area (Å²) in [6.45, 7) is 1.80. The molecule has 0 aliphatic rings. The molecule has 0 bridgehead atoms. The maximum absolute atomic E-state index is 14.1. The highest BCUT2D eigenvalue weighted by Crippen LogP contribution is 2.22. The van der Waals surface area contributed by atoms with Gasteiger partial charge in [0.15, 0.2) is 0 Å². The number of rotatable bonds is 6. The van der Waals surface area contributed by atoms with Crippen LogP contribution in [-0.4, -0.2) is 22.6 Å². The van der Waals surface area contributed by atoms with Gasteiger partial charge in [0.05, 0.1) is 12.8 Å². The number of hydrazone groups is 1. The quantitative estimate of drug-likeness (QED) is 0.349. The van der Waals surface area contributed by atoms with Crippen molar-refractivity contribution in [1.82, 2.24) is 9.99 Å². The van der Waals surface area contributed by atoms with Gasteiger partial charge >= 0.3 is 0 Å². The van der Waals surface area contributed by atoms with Crippen molar-refractivity contribution in [3.8, 4) is 0 Å². The van der Waals surface area contributed by atoms with Crippen molar-refractivity contribution in [2.24, 2.45) is 5.10 Å². The minimum atomic E-state index is -0.370. The molecule has 4 aromatic rings. The molecule has 0 fully saturated rings. The van der Waals surface area contributed by atoms with Crippen LogP contribution in [0.25, 0.3) is 10.9 Å². The van der Waals surface area contributed by atoms with E-state index >= 15 is 0 Å². The number of fused-ring (bicyclic) bond motifs is 1. The van der Waals surface area contributed by atoms with E-state index < -0.39 is 0 Å². The lowest BCUT2D eigenvalue weighted by Crippen LogP contribution is -2.17. The molecule has 2 N–H and O–H groups in total. The van der Waals surface area contributed by atoms with Crippen molar-refractivity contribution in [2.45, 2.75) is 13.5 Å². The fourth-order valence-corrected chi connectivity index (χ4v) is 3.45. The number of anilines is 1. The van der Waals surface area contributed by atoms with Crippen LogP contribution in [0.2, 0.25) is 0 Å². The maximum atomic E-state index is 14.1. The molecule has 0 spiro atoms. The van der Waals surface area contributed by atoms with Crippen LogP contribution in [0.4, 0.5) is 10.1 Å². The van der Waals surface area contributed by atoms with Crippen LogP contribution in [0.1, 0.15) is 28.4 Å². The van der Waals surface area contributed by atoms with Crippen molar-refractivity contribution in [1.29, 1.82) is 0 Å². The third-order valence-electron chi connectivity index (χ3n) is 4.96. The van der Waals surface area contributed by atoms with Crippen molar-refractivity contribution in [2.75, 3.05) is 5.32 Å². The average molecular weight is 428 g/mol. The summed E-state index contributed by atoms with van der Waals surface area (Å²) in [6.07, 6.45) is 3.46. The molecule has 1 aromatic heterocycles. The summed E-state index contributed by atoms with van der Waals surface area (Å²) in [5.41, 5.74) is 5.88. The Morgan fingerprint density at radius 2 is 1.72 bits per heavy atom. The van der Waals surface area contributed by atoms with Crippen molar-refractivity contribution < 1.29 is 14.0 Å². The highest BCUT2D eigenvalue weighted by molar-refractivity contribution is 6.00. The molecule has 1 heterocycles. The van der Waals surface area contributed by atoms with Crippen LogP contribution in [-0.2, 0) is 11.3 Å².